The molecule has 6 nitrogen and oxygen atoms in total. The molecule has 8 heteroatoms. The fraction of sp³-hybridized carbons (Fsp3) is 0.250. The van der Waals surface area contributed by atoms with Gasteiger partial charge in [-0.1, -0.05) is 29.8 Å². The van der Waals surface area contributed by atoms with Crippen molar-refractivity contribution in [3.8, 4) is 0 Å². The van der Waals surface area contributed by atoms with Crippen molar-refractivity contribution in [1.29, 1.82) is 0 Å². The van der Waals surface area contributed by atoms with Crippen molar-refractivity contribution in [2.24, 2.45) is 0 Å². The van der Waals surface area contributed by atoms with Crippen LogP contribution < -0.4 is 10.0 Å². The third kappa shape index (κ3) is 5.30. The van der Waals surface area contributed by atoms with Gasteiger partial charge in [0.05, 0.1) is 17.3 Å². The Morgan fingerprint density at radius 2 is 1.92 bits per heavy atom. The standard InChI is InChI=1S/C16H18ClN3O3S/c1-12-5-4-6-13(20-12)11-18-16(21)9-10-19-24(22,23)15-8-3-2-7-14(15)17/h2-8,19H,9-11H2,1H3,(H,18,21). The minimum atomic E-state index is -3.73. The summed E-state index contributed by atoms with van der Waals surface area (Å²) in [5.74, 6) is -0.264. The summed E-state index contributed by atoms with van der Waals surface area (Å²) in [6.07, 6.45) is 0.0233. The molecule has 24 heavy (non-hydrogen) atoms. The number of rotatable bonds is 7. The largest absolute Gasteiger partial charge is 0.350 e. The van der Waals surface area contributed by atoms with Crippen LogP contribution in [0.15, 0.2) is 47.4 Å². The zero-order valence-electron chi connectivity index (χ0n) is 13.1. The summed E-state index contributed by atoms with van der Waals surface area (Å²) in [6, 6.07) is 11.7. The Morgan fingerprint density at radius 1 is 1.17 bits per heavy atom. The molecule has 2 N–H and O–H groups in total. The van der Waals surface area contributed by atoms with E-state index in [1.54, 1.807) is 12.1 Å². The Labute approximate surface area is 146 Å². The van der Waals surface area contributed by atoms with Gasteiger partial charge in [0.15, 0.2) is 0 Å². The summed E-state index contributed by atoms with van der Waals surface area (Å²) in [7, 11) is -3.73. The number of carbonyl (C=O) groups excluding carboxylic acids is 1. The number of sulfonamides is 1. The van der Waals surface area contributed by atoms with Gasteiger partial charge >= 0.3 is 0 Å². The van der Waals surface area contributed by atoms with Crippen LogP contribution >= 0.6 is 11.6 Å². The molecule has 0 aliphatic rings. The first-order chi connectivity index (χ1) is 11.4. The molecule has 0 radical (unpaired) electrons. The second kappa shape index (κ2) is 8.23. The van der Waals surface area contributed by atoms with Crippen LogP contribution in [0.3, 0.4) is 0 Å². The van der Waals surface area contributed by atoms with E-state index in [-0.39, 0.29) is 28.8 Å². The number of benzene rings is 1. The molecule has 0 spiro atoms. The lowest BCUT2D eigenvalue weighted by Crippen LogP contribution is -2.30. The summed E-state index contributed by atoms with van der Waals surface area (Å²) < 4.78 is 26.6. The van der Waals surface area contributed by atoms with Crippen molar-refractivity contribution in [2.75, 3.05) is 6.54 Å². The summed E-state index contributed by atoms with van der Waals surface area (Å²) >= 11 is 5.88. The average Bonchev–Trinajstić information content (AvgIpc) is 2.53. The molecule has 0 bridgehead atoms. The normalized spacial score (nSPS) is 11.2. The Balaban J connectivity index is 1.81. The lowest BCUT2D eigenvalue weighted by molar-refractivity contribution is -0.121. The summed E-state index contributed by atoms with van der Waals surface area (Å²) in [5, 5.41) is 2.84. The van der Waals surface area contributed by atoms with Crippen LogP contribution in [0.5, 0.6) is 0 Å². The van der Waals surface area contributed by atoms with Crippen molar-refractivity contribution in [3.63, 3.8) is 0 Å². The fourth-order valence-corrected chi connectivity index (χ4v) is 3.56. The van der Waals surface area contributed by atoms with Crippen LogP contribution in [0.1, 0.15) is 17.8 Å². The molecule has 0 aliphatic carbocycles. The van der Waals surface area contributed by atoms with Gasteiger partial charge in [0.2, 0.25) is 15.9 Å². The zero-order valence-corrected chi connectivity index (χ0v) is 14.7. The molecule has 0 fully saturated rings. The van der Waals surface area contributed by atoms with E-state index in [9.17, 15) is 13.2 Å². The quantitative estimate of drug-likeness (QED) is 0.783. The number of nitrogens with one attached hydrogen (secondary N) is 2. The van der Waals surface area contributed by atoms with Crippen molar-refractivity contribution < 1.29 is 13.2 Å². The van der Waals surface area contributed by atoms with Crippen molar-refractivity contribution >= 4 is 27.5 Å². The lowest BCUT2D eigenvalue weighted by Gasteiger charge is -2.09. The van der Waals surface area contributed by atoms with Crippen LogP contribution in [0.4, 0.5) is 0 Å². The van der Waals surface area contributed by atoms with Crippen LogP contribution in [-0.2, 0) is 21.4 Å². The molecule has 1 aromatic heterocycles. The monoisotopic (exact) mass is 367 g/mol. The molecule has 0 saturated heterocycles. The SMILES string of the molecule is Cc1cccc(CNC(=O)CCNS(=O)(=O)c2ccccc2Cl)n1. The number of aryl methyl sites for hydroxylation is 1. The second-order valence-corrected chi connectivity index (χ2v) is 7.27. The number of carbonyl (C=O) groups is 1. The van der Waals surface area contributed by atoms with E-state index in [0.29, 0.717) is 6.54 Å². The number of aromatic nitrogens is 1. The van der Waals surface area contributed by atoms with E-state index in [0.717, 1.165) is 11.4 Å². The zero-order chi connectivity index (χ0) is 17.6. The predicted octanol–water partition coefficient (Wildman–Crippen LogP) is 2.03. The molecule has 0 unspecified atom stereocenters. The molecule has 1 aromatic carbocycles. The minimum Gasteiger partial charge on any atom is -0.350 e. The van der Waals surface area contributed by atoms with Crippen LogP contribution in [0.25, 0.3) is 0 Å². The highest BCUT2D eigenvalue weighted by atomic mass is 35.5. The molecule has 0 aliphatic heterocycles. The summed E-state index contributed by atoms with van der Waals surface area (Å²) in [4.78, 5) is 16.1. The van der Waals surface area contributed by atoms with Gasteiger partial charge < -0.3 is 5.32 Å². The maximum atomic E-state index is 12.1. The molecule has 0 saturated carbocycles. The van der Waals surface area contributed by atoms with Crippen molar-refractivity contribution in [2.45, 2.75) is 24.8 Å². The third-order valence-electron chi connectivity index (χ3n) is 3.18. The molecular weight excluding hydrogens is 350 g/mol. The van der Waals surface area contributed by atoms with Gasteiger partial charge in [-0.05, 0) is 31.2 Å². The summed E-state index contributed by atoms with van der Waals surface area (Å²) in [6.45, 7) is 2.16. The molecule has 1 amide bonds. The van der Waals surface area contributed by atoms with Gasteiger partial charge in [-0.15, -0.1) is 0 Å². The van der Waals surface area contributed by atoms with E-state index >= 15 is 0 Å². The molecule has 2 aromatic rings. The van der Waals surface area contributed by atoms with E-state index < -0.39 is 10.0 Å². The Morgan fingerprint density at radius 3 is 2.62 bits per heavy atom. The number of pyridine rings is 1. The van der Waals surface area contributed by atoms with Gasteiger partial charge in [0.1, 0.15) is 4.90 Å². The second-order valence-electron chi connectivity index (χ2n) is 5.13. The Kier molecular flexibility index (Phi) is 6.30. The smallest absolute Gasteiger partial charge is 0.242 e. The molecule has 128 valence electrons. The van der Waals surface area contributed by atoms with Crippen LogP contribution in [-0.4, -0.2) is 25.9 Å². The first-order valence-corrected chi connectivity index (χ1v) is 9.18. The number of hydrogen-bond donors (Lipinski definition) is 2. The topological polar surface area (TPSA) is 88.2 Å². The number of nitrogens with zero attached hydrogens (tertiary/aromatic N) is 1. The molecule has 1 heterocycles. The number of amides is 1. The first-order valence-electron chi connectivity index (χ1n) is 7.32. The summed E-state index contributed by atoms with van der Waals surface area (Å²) in [5.41, 5.74) is 1.62. The molecule has 0 atom stereocenters. The van der Waals surface area contributed by atoms with Crippen LogP contribution in [0.2, 0.25) is 5.02 Å². The minimum absolute atomic E-state index is 0.00367. The molecular formula is C16H18ClN3O3S. The molecule has 2 rings (SSSR count). The van der Waals surface area contributed by atoms with Crippen LogP contribution in [0, 0.1) is 6.92 Å². The Bertz CT molecular complexity index is 825. The van der Waals surface area contributed by atoms with Gasteiger partial charge in [-0.25, -0.2) is 13.1 Å². The fourth-order valence-electron chi connectivity index (χ4n) is 2.01. The van der Waals surface area contributed by atoms with Gasteiger partial charge in [-0.2, -0.15) is 0 Å². The highest BCUT2D eigenvalue weighted by Crippen LogP contribution is 2.19. The van der Waals surface area contributed by atoms with Crippen molar-refractivity contribution in [1.82, 2.24) is 15.0 Å². The maximum Gasteiger partial charge on any atom is 0.242 e. The van der Waals surface area contributed by atoms with Gasteiger partial charge in [0.25, 0.3) is 0 Å². The maximum absolute atomic E-state index is 12.1. The number of hydrogen-bond acceptors (Lipinski definition) is 4. The highest BCUT2D eigenvalue weighted by Gasteiger charge is 2.17. The van der Waals surface area contributed by atoms with Gasteiger partial charge in [0, 0.05) is 18.7 Å². The van der Waals surface area contributed by atoms with E-state index in [4.69, 9.17) is 11.6 Å². The van der Waals surface area contributed by atoms with E-state index in [2.05, 4.69) is 15.0 Å². The first kappa shape index (κ1) is 18.4. The average molecular weight is 368 g/mol. The lowest BCUT2D eigenvalue weighted by atomic mass is 10.3. The predicted molar refractivity (Wildman–Crippen MR) is 92.1 cm³/mol. The highest BCUT2D eigenvalue weighted by molar-refractivity contribution is 7.89. The van der Waals surface area contributed by atoms with E-state index in [1.807, 2.05) is 25.1 Å². The third-order valence-corrected chi connectivity index (χ3v) is 5.14. The Hall–Kier alpha value is -1.96. The van der Waals surface area contributed by atoms with Crippen molar-refractivity contribution in [3.05, 3.63) is 58.9 Å². The number of halogens is 1. The van der Waals surface area contributed by atoms with Gasteiger partial charge in [-0.3, -0.25) is 9.78 Å². The van der Waals surface area contributed by atoms with E-state index in [1.165, 1.54) is 12.1 Å².